The Morgan fingerprint density at radius 1 is 1.40 bits per heavy atom. The molecule has 3 rings (SSSR count). The average Bonchev–Trinajstić information content (AvgIpc) is 2.54. The SMILES string of the molecule is C[C@@H]1C[C@@](C)(c2ccc(F)c(-c3cncnc3)c2)N=C(NC(=O)O)S1. The van der Waals surface area contributed by atoms with Gasteiger partial charge < -0.3 is 5.11 Å². The lowest BCUT2D eigenvalue weighted by Gasteiger charge is -2.34. The predicted molar refractivity (Wildman–Crippen MR) is 95.0 cm³/mol. The second-order valence-electron chi connectivity index (χ2n) is 6.08. The normalized spacial score (nSPS) is 23.0. The second kappa shape index (κ2) is 6.79. The zero-order valence-corrected chi connectivity index (χ0v) is 14.5. The van der Waals surface area contributed by atoms with E-state index in [-0.39, 0.29) is 11.1 Å². The van der Waals surface area contributed by atoms with Gasteiger partial charge in [0.1, 0.15) is 12.1 Å². The number of rotatable bonds is 2. The molecular formula is C17H17FN4O2S. The van der Waals surface area contributed by atoms with Crippen LogP contribution in [0.3, 0.4) is 0 Å². The van der Waals surface area contributed by atoms with Gasteiger partial charge >= 0.3 is 6.09 Å². The molecule has 8 heteroatoms. The van der Waals surface area contributed by atoms with Crippen molar-refractivity contribution in [2.24, 2.45) is 4.99 Å². The molecule has 0 spiro atoms. The van der Waals surface area contributed by atoms with E-state index in [1.165, 1.54) is 24.2 Å². The summed E-state index contributed by atoms with van der Waals surface area (Å²) >= 11 is 1.38. The van der Waals surface area contributed by atoms with Gasteiger partial charge in [0.2, 0.25) is 0 Å². The number of amides is 1. The van der Waals surface area contributed by atoms with Crippen molar-refractivity contribution in [1.29, 1.82) is 0 Å². The lowest BCUT2D eigenvalue weighted by molar-refractivity contribution is 0.200. The Kier molecular flexibility index (Phi) is 4.71. The third-order valence-corrected chi connectivity index (χ3v) is 5.01. The summed E-state index contributed by atoms with van der Waals surface area (Å²) in [6.07, 6.45) is 4.05. The smallest absolute Gasteiger partial charge is 0.410 e. The molecule has 1 aromatic carbocycles. The van der Waals surface area contributed by atoms with E-state index in [1.54, 1.807) is 24.5 Å². The molecule has 0 radical (unpaired) electrons. The number of hydrogen-bond donors (Lipinski definition) is 2. The number of nitrogens with one attached hydrogen (secondary N) is 1. The summed E-state index contributed by atoms with van der Waals surface area (Å²) in [5, 5.41) is 11.8. The maximum Gasteiger partial charge on any atom is 0.410 e. The van der Waals surface area contributed by atoms with Crippen LogP contribution in [0.5, 0.6) is 0 Å². The maximum absolute atomic E-state index is 14.3. The molecule has 1 aliphatic heterocycles. The molecule has 130 valence electrons. The third-order valence-electron chi connectivity index (χ3n) is 4.02. The zero-order chi connectivity index (χ0) is 18.0. The Bertz CT molecular complexity index is 831. The highest BCUT2D eigenvalue weighted by Gasteiger charge is 2.34. The second-order valence-corrected chi connectivity index (χ2v) is 7.50. The van der Waals surface area contributed by atoms with Crippen molar-refractivity contribution >= 4 is 23.0 Å². The summed E-state index contributed by atoms with van der Waals surface area (Å²) in [6, 6.07) is 4.82. The fraction of sp³-hybridized carbons (Fsp3) is 0.294. The standard InChI is InChI=1S/C17H17FN4O2S/c1-10-6-17(2,22-15(25-10)21-16(23)24)12-3-4-14(18)13(5-12)11-7-19-9-20-8-11/h3-5,7-10H,6H2,1-2H3,(H,21,22)(H,23,24)/t10-,17+/m1/s1. The first-order valence-corrected chi connectivity index (χ1v) is 8.57. The molecule has 0 saturated heterocycles. The van der Waals surface area contributed by atoms with Crippen LogP contribution >= 0.6 is 11.8 Å². The zero-order valence-electron chi connectivity index (χ0n) is 13.7. The summed E-state index contributed by atoms with van der Waals surface area (Å²) in [6.45, 7) is 3.93. The molecule has 6 nitrogen and oxygen atoms in total. The van der Waals surface area contributed by atoms with Crippen LogP contribution < -0.4 is 5.32 Å². The highest BCUT2D eigenvalue weighted by Crippen LogP contribution is 2.40. The van der Waals surface area contributed by atoms with Gasteiger partial charge in [-0.3, -0.25) is 10.3 Å². The van der Waals surface area contributed by atoms with Gasteiger partial charge in [-0.05, 0) is 31.0 Å². The van der Waals surface area contributed by atoms with Crippen molar-refractivity contribution < 1.29 is 14.3 Å². The first kappa shape index (κ1) is 17.3. The Hall–Kier alpha value is -2.48. The summed E-state index contributed by atoms with van der Waals surface area (Å²) < 4.78 is 14.3. The number of benzene rings is 1. The highest BCUT2D eigenvalue weighted by atomic mass is 32.2. The van der Waals surface area contributed by atoms with Gasteiger partial charge in [0, 0.05) is 28.8 Å². The summed E-state index contributed by atoms with van der Waals surface area (Å²) in [5.41, 5.74) is 1.13. The number of halogens is 1. The van der Waals surface area contributed by atoms with Gasteiger partial charge in [-0.25, -0.2) is 19.2 Å². The number of hydrogen-bond acceptors (Lipinski definition) is 5. The molecule has 2 heterocycles. The van der Waals surface area contributed by atoms with Gasteiger partial charge in [-0.1, -0.05) is 24.8 Å². The average molecular weight is 360 g/mol. The first-order chi connectivity index (χ1) is 11.9. The lowest BCUT2D eigenvalue weighted by atomic mass is 9.86. The molecule has 0 saturated carbocycles. The van der Waals surface area contributed by atoms with Crippen LogP contribution in [-0.4, -0.2) is 31.6 Å². The number of aromatic nitrogens is 2. The summed E-state index contributed by atoms with van der Waals surface area (Å²) in [5.74, 6) is -0.367. The van der Waals surface area contributed by atoms with E-state index in [2.05, 4.69) is 20.3 Å². The molecule has 0 bridgehead atoms. The van der Waals surface area contributed by atoms with Crippen LogP contribution in [0.2, 0.25) is 0 Å². The van der Waals surface area contributed by atoms with Crippen LogP contribution in [0.15, 0.2) is 41.9 Å². The Morgan fingerprint density at radius 3 is 2.80 bits per heavy atom. The molecule has 0 unspecified atom stereocenters. The van der Waals surface area contributed by atoms with Crippen LogP contribution in [-0.2, 0) is 5.54 Å². The molecule has 2 aromatic rings. The lowest BCUT2D eigenvalue weighted by Crippen LogP contribution is -2.37. The Morgan fingerprint density at radius 2 is 2.12 bits per heavy atom. The number of aliphatic imine (C=N–C) groups is 1. The minimum atomic E-state index is -1.15. The number of carboxylic acid groups (broad SMARTS) is 1. The molecule has 1 aliphatic rings. The molecule has 2 atom stereocenters. The van der Waals surface area contributed by atoms with Crippen LogP contribution in [0.4, 0.5) is 9.18 Å². The Balaban J connectivity index is 2.04. The minimum Gasteiger partial charge on any atom is -0.465 e. The fourth-order valence-corrected chi connectivity index (χ4v) is 4.13. The first-order valence-electron chi connectivity index (χ1n) is 7.69. The van der Waals surface area contributed by atoms with Crippen molar-refractivity contribution in [3.8, 4) is 11.1 Å². The van der Waals surface area contributed by atoms with Gasteiger partial charge in [0.05, 0.1) is 5.54 Å². The van der Waals surface area contributed by atoms with E-state index < -0.39 is 11.6 Å². The van der Waals surface area contributed by atoms with Gasteiger partial charge in [-0.15, -0.1) is 0 Å². The minimum absolute atomic E-state index is 0.165. The van der Waals surface area contributed by atoms with Gasteiger partial charge in [0.25, 0.3) is 0 Å². The largest absolute Gasteiger partial charge is 0.465 e. The van der Waals surface area contributed by atoms with Crippen molar-refractivity contribution in [1.82, 2.24) is 15.3 Å². The van der Waals surface area contributed by atoms with Crippen LogP contribution in [0.1, 0.15) is 25.8 Å². The number of amidine groups is 1. The van der Waals surface area contributed by atoms with E-state index in [4.69, 9.17) is 5.11 Å². The monoisotopic (exact) mass is 360 g/mol. The molecule has 25 heavy (non-hydrogen) atoms. The maximum atomic E-state index is 14.3. The van der Waals surface area contributed by atoms with Crippen LogP contribution in [0, 0.1) is 5.82 Å². The van der Waals surface area contributed by atoms with Crippen molar-refractivity contribution in [3.63, 3.8) is 0 Å². The molecule has 1 amide bonds. The van der Waals surface area contributed by atoms with E-state index >= 15 is 0 Å². The summed E-state index contributed by atoms with van der Waals surface area (Å²) in [4.78, 5) is 23.4. The number of thioether (sulfide) groups is 1. The number of carbonyl (C=O) groups is 1. The van der Waals surface area contributed by atoms with Crippen molar-refractivity contribution in [2.45, 2.75) is 31.1 Å². The molecule has 0 aliphatic carbocycles. The summed E-state index contributed by atoms with van der Waals surface area (Å²) in [7, 11) is 0. The molecule has 2 N–H and O–H groups in total. The molecule has 1 aromatic heterocycles. The molecular weight excluding hydrogens is 343 g/mol. The predicted octanol–water partition coefficient (Wildman–Crippen LogP) is 3.65. The van der Waals surface area contributed by atoms with Crippen LogP contribution in [0.25, 0.3) is 11.1 Å². The van der Waals surface area contributed by atoms with Crippen molar-refractivity contribution in [2.75, 3.05) is 0 Å². The van der Waals surface area contributed by atoms with E-state index in [0.717, 1.165) is 5.56 Å². The topological polar surface area (TPSA) is 87.5 Å². The van der Waals surface area contributed by atoms with E-state index in [9.17, 15) is 9.18 Å². The third kappa shape index (κ3) is 3.79. The Labute approximate surface area is 148 Å². The van der Waals surface area contributed by atoms with E-state index in [1.807, 2.05) is 13.8 Å². The quantitative estimate of drug-likeness (QED) is 0.854. The van der Waals surface area contributed by atoms with Gasteiger partial charge in [-0.2, -0.15) is 0 Å². The highest BCUT2D eigenvalue weighted by molar-refractivity contribution is 8.14. The molecule has 0 fully saturated rings. The fourth-order valence-electron chi connectivity index (χ4n) is 2.94. The van der Waals surface area contributed by atoms with Crippen molar-refractivity contribution in [3.05, 3.63) is 48.3 Å². The van der Waals surface area contributed by atoms with Gasteiger partial charge in [0.15, 0.2) is 5.17 Å². The van der Waals surface area contributed by atoms with E-state index in [0.29, 0.717) is 22.7 Å². The number of nitrogens with zero attached hydrogens (tertiary/aromatic N) is 3.